The molecule has 1 aliphatic rings. The van der Waals surface area contributed by atoms with Crippen molar-refractivity contribution >= 4 is 22.6 Å². The number of nitrogens with one attached hydrogen (secondary N) is 2. The highest BCUT2D eigenvalue weighted by Gasteiger charge is 2.20. The SMILES string of the molecule is COc1cc2cc(CNc3ccc4c(c3)COC4=O)c(=O)[nH]c2cc1OC. The molecule has 0 saturated heterocycles. The van der Waals surface area contributed by atoms with Crippen molar-refractivity contribution in [3.63, 3.8) is 0 Å². The Kier molecular flexibility index (Phi) is 4.19. The smallest absolute Gasteiger partial charge is 0.338 e. The van der Waals surface area contributed by atoms with E-state index in [4.69, 9.17) is 14.2 Å². The van der Waals surface area contributed by atoms with Gasteiger partial charge in [-0.05, 0) is 30.3 Å². The lowest BCUT2D eigenvalue weighted by molar-refractivity contribution is 0.0535. The molecule has 3 aromatic rings. The number of cyclic esters (lactones) is 1. The molecular formula is C20H18N2O5. The number of hydrogen-bond donors (Lipinski definition) is 2. The van der Waals surface area contributed by atoms with Crippen LogP contribution >= 0.6 is 0 Å². The minimum atomic E-state index is -0.299. The van der Waals surface area contributed by atoms with E-state index in [0.29, 0.717) is 34.7 Å². The number of esters is 1. The molecule has 0 radical (unpaired) electrons. The van der Waals surface area contributed by atoms with Crippen LogP contribution in [0.3, 0.4) is 0 Å². The summed E-state index contributed by atoms with van der Waals surface area (Å²) in [7, 11) is 3.12. The molecule has 7 nitrogen and oxygen atoms in total. The molecule has 0 amide bonds. The number of carbonyl (C=O) groups excluding carboxylic acids is 1. The van der Waals surface area contributed by atoms with E-state index in [9.17, 15) is 9.59 Å². The van der Waals surface area contributed by atoms with Crippen molar-refractivity contribution in [1.82, 2.24) is 4.98 Å². The van der Waals surface area contributed by atoms with Gasteiger partial charge >= 0.3 is 5.97 Å². The van der Waals surface area contributed by atoms with Crippen LogP contribution in [-0.4, -0.2) is 25.2 Å². The molecule has 2 N–H and O–H groups in total. The number of aromatic amines is 1. The number of aromatic nitrogens is 1. The Morgan fingerprint density at radius 1 is 1.07 bits per heavy atom. The van der Waals surface area contributed by atoms with Crippen LogP contribution in [0.2, 0.25) is 0 Å². The van der Waals surface area contributed by atoms with Crippen LogP contribution in [0.15, 0.2) is 41.2 Å². The van der Waals surface area contributed by atoms with Gasteiger partial charge in [-0.15, -0.1) is 0 Å². The molecule has 0 spiro atoms. The quantitative estimate of drug-likeness (QED) is 0.675. The largest absolute Gasteiger partial charge is 0.493 e. The van der Waals surface area contributed by atoms with Gasteiger partial charge in [0.05, 0.1) is 25.3 Å². The van der Waals surface area contributed by atoms with Crippen LogP contribution in [0, 0.1) is 0 Å². The number of hydrogen-bond acceptors (Lipinski definition) is 6. The number of carbonyl (C=O) groups is 1. The second-order valence-corrected chi connectivity index (χ2v) is 6.22. The van der Waals surface area contributed by atoms with E-state index < -0.39 is 0 Å². The zero-order valence-corrected chi connectivity index (χ0v) is 14.9. The highest BCUT2D eigenvalue weighted by Crippen LogP contribution is 2.31. The number of anilines is 1. The average molecular weight is 366 g/mol. The Morgan fingerprint density at radius 3 is 2.63 bits per heavy atom. The topological polar surface area (TPSA) is 89.6 Å². The maximum Gasteiger partial charge on any atom is 0.338 e. The summed E-state index contributed by atoms with van der Waals surface area (Å²) in [5.41, 5.74) is 3.33. The van der Waals surface area contributed by atoms with Crippen molar-refractivity contribution < 1.29 is 19.0 Å². The van der Waals surface area contributed by atoms with Gasteiger partial charge in [-0.2, -0.15) is 0 Å². The molecule has 0 bridgehead atoms. The molecule has 2 aromatic carbocycles. The molecule has 4 rings (SSSR count). The fraction of sp³-hybridized carbons (Fsp3) is 0.200. The summed E-state index contributed by atoms with van der Waals surface area (Å²) < 4.78 is 15.6. The summed E-state index contributed by atoms with van der Waals surface area (Å²) in [6.07, 6.45) is 0. The van der Waals surface area contributed by atoms with Crippen LogP contribution in [-0.2, 0) is 17.9 Å². The van der Waals surface area contributed by atoms with E-state index in [1.165, 1.54) is 0 Å². The molecule has 0 atom stereocenters. The minimum Gasteiger partial charge on any atom is -0.493 e. The maximum absolute atomic E-state index is 12.4. The number of benzene rings is 2. The molecule has 7 heteroatoms. The molecule has 1 aromatic heterocycles. The molecule has 1 aliphatic heterocycles. The fourth-order valence-corrected chi connectivity index (χ4v) is 3.15. The molecule has 0 saturated carbocycles. The summed E-state index contributed by atoms with van der Waals surface area (Å²) in [6, 6.07) is 10.8. The summed E-state index contributed by atoms with van der Waals surface area (Å²) in [4.78, 5) is 26.8. The number of H-pyrrole nitrogens is 1. The van der Waals surface area contributed by atoms with Gasteiger partial charge in [-0.3, -0.25) is 4.79 Å². The Bertz CT molecular complexity index is 1100. The van der Waals surface area contributed by atoms with Crippen molar-refractivity contribution in [1.29, 1.82) is 0 Å². The highest BCUT2D eigenvalue weighted by atomic mass is 16.5. The van der Waals surface area contributed by atoms with E-state index >= 15 is 0 Å². The number of methoxy groups -OCH3 is 2. The zero-order chi connectivity index (χ0) is 19.0. The maximum atomic E-state index is 12.4. The Balaban J connectivity index is 1.61. The van der Waals surface area contributed by atoms with Gasteiger partial charge in [-0.25, -0.2) is 4.79 Å². The predicted octanol–water partition coefficient (Wildman–Crippen LogP) is 2.83. The third kappa shape index (κ3) is 3.08. The first kappa shape index (κ1) is 17.0. The molecule has 0 fully saturated rings. The van der Waals surface area contributed by atoms with Crippen LogP contribution < -0.4 is 20.3 Å². The molecular weight excluding hydrogens is 348 g/mol. The van der Waals surface area contributed by atoms with Gasteiger partial charge in [0.15, 0.2) is 11.5 Å². The first-order valence-corrected chi connectivity index (χ1v) is 8.41. The van der Waals surface area contributed by atoms with Crippen molar-refractivity contribution in [2.75, 3.05) is 19.5 Å². The van der Waals surface area contributed by atoms with Crippen molar-refractivity contribution in [3.05, 3.63) is 63.4 Å². The second-order valence-electron chi connectivity index (χ2n) is 6.22. The Hall–Kier alpha value is -3.48. The fourth-order valence-electron chi connectivity index (χ4n) is 3.15. The molecule has 27 heavy (non-hydrogen) atoms. The summed E-state index contributed by atoms with van der Waals surface area (Å²) in [6.45, 7) is 0.620. The van der Waals surface area contributed by atoms with Gasteiger partial charge in [0.1, 0.15) is 6.61 Å². The molecule has 2 heterocycles. The highest BCUT2D eigenvalue weighted by molar-refractivity contribution is 5.93. The van der Waals surface area contributed by atoms with E-state index in [1.807, 2.05) is 18.2 Å². The van der Waals surface area contributed by atoms with Crippen molar-refractivity contribution in [3.8, 4) is 11.5 Å². The lowest BCUT2D eigenvalue weighted by Gasteiger charge is -2.11. The van der Waals surface area contributed by atoms with E-state index in [0.717, 1.165) is 16.6 Å². The van der Waals surface area contributed by atoms with Gasteiger partial charge in [0.25, 0.3) is 5.56 Å². The van der Waals surface area contributed by atoms with Crippen LogP contribution in [0.4, 0.5) is 5.69 Å². The van der Waals surface area contributed by atoms with Gasteiger partial charge < -0.3 is 24.5 Å². The van der Waals surface area contributed by atoms with E-state index in [2.05, 4.69) is 10.3 Å². The van der Waals surface area contributed by atoms with E-state index in [1.54, 1.807) is 32.4 Å². The number of rotatable bonds is 5. The molecule has 0 unspecified atom stereocenters. The summed E-state index contributed by atoms with van der Waals surface area (Å²) >= 11 is 0. The van der Waals surface area contributed by atoms with E-state index in [-0.39, 0.29) is 18.1 Å². The first-order chi connectivity index (χ1) is 13.1. The average Bonchev–Trinajstić information content (AvgIpc) is 3.05. The predicted molar refractivity (Wildman–Crippen MR) is 101 cm³/mol. The third-order valence-electron chi connectivity index (χ3n) is 4.59. The van der Waals surface area contributed by atoms with Gasteiger partial charge in [0.2, 0.25) is 0 Å². The Morgan fingerprint density at radius 2 is 1.85 bits per heavy atom. The summed E-state index contributed by atoms with van der Waals surface area (Å²) in [5, 5.41) is 4.06. The van der Waals surface area contributed by atoms with Crippen LogP contribution in [0.1, 0.15) is 21.5 Å². The Labute approximate surface area is 154 Å². The lowest BCUT2D eigenvalue weighted by atomic mass is 10.1. The zero-order valence-electron chi connectivity index (χ0n) is 14.9. The normalized spacial score (nSPS) is 12.6. The molecule has 0 aliphatic carbocycles. The van der Waals surface area contributed by atoms with Crippen LogP contribution in [0.25, 0.3) is 10.9 Å². The van der Waals surface area contributed by atoms with Gasteiger partial charge in [-0.1, -0.05) is 0 Å². The van der Waals surface area contributed by atoms with Crippen LogP contribution in [0.5, 0.6) is 11.5 Å². The number of pyridine rings is 1. The van der Waals surface area contributed by atoms with Crippen molar-refractivity contribution in [2.24, 2.45) is 0 Å². The lowest BCUT2D eigenvalue weighted by Crippen LogP contribution is -2.15. The first-order valence-electron chi connectivity index (χ1n) is 8.41. The standard InChI is InChI=1S/C20H18N2O5/c1-25-17-7-11-5-12(19(23)22-16(11)8-18(17)26-2)9-21-14-3-4-15-13(6-14)10-27-20(15)24/h3-8,21H,9-10H2,1-2H3,(H,22,23). The van der Waals surface area contributed by atoms with Crippen molar-refractivity contribution in [2.45, 2.75) is 13.2 Å². The monoisotopic (exact) mass is 366 g/mol. The number of fused-ring (bicyclic) bond motifs is 2. The van der Waals surface area contributed by atoms with Gasteiger partial charge in [0, 0.05) is 34.8 Å². The number of ether oxygens (including phenoxy) is 3. The minimum absolute atomic E-state index is 0.179. The summed E-state index contributed by atoms with van der Waals surface area (Å²) in [5.74, 6) is 0.854. The second kappa shape index (κ2) is 6.68. The molecule has 138 valence electrons. The third-order valence-corrected chi connectivity index (χ3v) is 4.59.